The Bertz CT molecular complexity index is 1140. The number of nitrogens with zero attached hydrogens (tertiary/aromatic N) is 2. The molecule has 4 heterocycles. The molecule has 5 rings (SSSR count). The third-order valence-electron chi connectivity index (χ3n) is 5.63. The van der Waals surface area contributed by atoms with Gasteiger partial charge in [0.1, 0.15) is 16.5 Å². The molecule has 1 aliphatic rings. The van der Waals surface area contributed by atoms with E-state index in [9.17, 15) is 4.79 Å². The van der Waals surface area contributed by atoms with E-state index in [0.717, 1.165) is 47.8 Å². The maximum absolute atomic E-state index is 12.9. The first kappa shape index (κ1) is 18.4. The number of benzene rings is 1. The van der Waals surface area contributed by atoms with Crippen molar-refractivity contribution >= 4 is 39.5 Å². The van der Waals surface area contributed by atoms with Crippen molar-refractivity contribution in [3.8, 4) is 16.3 Å². The van der Waals surface area contributed by atoms with E-state index in [2.05, 4.69) is 33.7 Å². The third kappa shape index (κ3) is 3.45. The van der Waals surface area contributed by atoms with Crippen LogP contribution in [-0.4, -0.2) is 41.0 Å². The number of ether oxygens (including phenoxy) is 1. The van der Waals surface area contributed by atoms with Crippen LogP contribution in [0.3, 0.4) is 0 Å². The van der Waals surface area contributed by atoms with Crippen LogP contribution >= 0.6 is 22.7 Å². The average Bonchev–Trinajstić information content (AvgIpc) is 3.53. The average molecular weight is 424 g/mol. The van der Waals surface area contributed by atoms with Crippen LogP contribution in [0.2, 0.25) is 0 Å². The highest BCUT2D eigenvalue weighted by molar-refractivity contribution is 7.14. The van der Waals surface area contributed by atoms with E-state index in [-0.39, 0.29) is 5.91 Å². The second kappa shape index (κ2) is 7.65. The Hall–Kier alpha value is -2.64. The van der Waals surface area contributed by atoms with Crippen LogP contribution in [0, 0.1) is 0 Å². The Morgan fingerprint density at radius 3 is 2.86 bits per heavy atom. The lowest BCUT2D eigenvalue weighted by Crippen LogP contribution is -2.38. The number of hydrogen-bond acceptors (Lipinski definition) is 5. The fraction of sp³-hybridized carbons (Fsp3) is 0.273. The van der Waals surface area contributed by atoms with Crippen molar-refractivity contribution in [3.63, 3.8) is 0 Å². The summed E-state index contributed by atoms with van der Waals surface area (Å²) in [4.78, 5) is 22.8. The van der Waals surface area contributed by atoms with Gasteiger partial charge in [-0.2, -0.15) is 11.3 Å². The fourth-order valence-corrected chi connectivity index (χ4v) is 5.54. The van der Waals surface area contributed by atoms with Gasteiger partial charge in [0.05, 0.1) is 7.11 Å². The second-order valence-electron chi connectivity index (χ2n) is 7.27. The summed E-state index contributed by atoms with van der Waals surface area (Å²) in [6, 6.07) is 8.17. The number of amides is 1. The maximum Gasteiger partial charge on any atom is 0.273 e. The second-order valence-corrected chi connectivity index (χ2v) is 8.91. The van der Waals surface area contributed by atoms with Gasteiger partial charge in [-0.1, -0.05) is 0 Å². The zero-order valence-electron chi connectivity index (χ0n) is 16.1. The minimum Gasteiger partial charge on any atom is -0.497 e. The highest BCUT2D eigenvalue weighted by Crippen LogP contribution is 2.35. The number of H-pyrrole nitrogens is 1. The van der Waals surface area contributed by atoms with Gasteiger partial charge in [-0.15, -0.1) is 11.3 Å². The van der Waals surface area contributed by atoms with Gasteiger partial charge >= 0.3 is 0 Å². The maximum atomic E-state index is 12.9. The number of likely N-dealkylation sites (tertiary alicyclic amines) is 1. The molecule has 0 unspecified atom stereocenters. The molecule has 1 N–H and O–H groups in total. The Morgan fingerprint density at radius 1 is 1.24 bits per heavy atom. The topological polar surface area (TPSA) is 58.2 Å². The van der Waals surface area contributed by atoms with Crippen molar-refractivity contribution < 1.29 is 9.53 Å². The van der Waals surface area contributed by atoms with Gasteiger partial charge in [0.2, 0.25) is 0 Å². The molecule has 0 bridgehead atoms. The van der Waals surface area contributed by atoms with Gasteiger partial charge in [-0.3, -0.25) is 4.79 Å². The first-order valence-corrected chi connectivity index (χ1v) is 11.5. The number of aromatic amines is 1. The van der Waals surface area contributed by atoms with Gasteiger partial charge in [0.15, 0.2) is 0 Å². The van der Waals surface area contributed by atoms with E-state index in [4.69, 9.17) is 4.74 Å². The molecule has 29 heavy (non-hydrogen) atoms. The molecule has 1 fully saturated rings. The van der Waals surface area contributed by atoms with Crippen molar-refractivity contribution in [2.24, 2.45) is 0 Å². The highest BCUT2D eigenvalue weighted by Gasteiger charge is 2.27. The Kier molecular flexibility index (Phi) is 4.85. The quantitative estimate of drug-likeness (QED) is 0.479. The Balaban J connectivity index is 1.29. The lowest BCUT2D eigenvalue weighted by Gasteiger charge is -2.31. The highest BCUT2D eigenvalue weighted by atomic mass is 32.1. The molecule has 1 aliphatic heterocycles. The van der Waals surface area contributed by atoms with Gasteiger partial charge in [-0.25, -0.2) is 4.98 Å². The summed E-state index contributed by atoms with van der Waals surface area (Å²) in [6.07, 6.45) is 4.02. The summed E-state index contributed by atoms with van der Waals surface area (Å²) >= 11 is 3.18. The number of carbonyl (C=O) groups is 1. The molecule has 0 atom stereocenters. The summed E-state index contributed by atoms with van der Waals surface area (Å²) in [6.45, 7) is 1.51. The van der Waals surface area contributed by atoms with Crippen molar-refractivity contribution in [2.45, 2.75) is 18.8 Å². The van der Waals surface area contributed by atoms with Crippen molar-refractivity contribution in [1.82, 2.24) is 14.9 Å². The van der Waals surface area contributed by atoms with E-state index >= 15 is 0 Å². The molecule has 3 aromatic heterocycles. The van der Waals surface area contributed by atoms with Gasteiger partial charge in [0.25, 0.3) is 5.91 Å². The predicted octanol–water partition coefficient (Wildman–Crippen LogP) is 5.38. The molecule has 5 nitrogen and oxygen atoms in total. The van der Waals surface area contributed by atoms with E-state index in [1.807, 2.05) is 27.8 Å². The number of carbonyl (C=O) groups excluding carboxylic acids is 1. The van der Waals surface area contributed by atoms with Crippen LogP contribution in [0.5, 0.6) is 5.75 Å². The Labute approximate surface area is 177 Å². The van der Waals surface area contributed by atoms with Crippen LogP contribution in [0.4, 0.5) is 0 Å². The molecule has 7 heteroatoms. The lowest BCUT2D eigenvalue weighted by atomic mass is 9.89. The van der Waals surface area contributed by atoms with Crippen molar-refractivity contribution in [1.29, 1.82) is 0 Å². The van der Waals surface area contributed by atoms with Crippen LogP contribution in [0.15, 0.2) is 46.6 Å². The van der Waals surface area contributed by atoms with Gasteiger partial charge in [0, 0.05) is 46.5 Å². The minimum atomic E-state index is 0.0433. The first-order valence-electron chi connectivity index (χ1n) is 9.65. The molecule has 0 saturated carbocycles. The molecule has 1 saturated heterocycles. The SMILES string of the molecule is COc1ccc2[nH]cc(C3CCN(C(=O)c4csc(-c5ccsc5)n4)CC3)c2c1. The molecule has 1 aromatic carbocycles. The zero-order valence-corrected chi connectivity index (χ0v) is 17.7. The number of piperidine rings is 1. The van der Waals surface area contributed by atoms with E-state index in [1.54, 1.807) is 18.4 Å². The number of fused-ring (bicyclic) bond motifs is 1. The largest absolute Gasteiger partial charge is 0.497 e. The van der Waals surface area contributed by atoms with E-state index in [1.165, 1.54) is 22.3 Å². The fourth-order valence-electron chi connectivity index (χ4n) is 4.03. The van der Waals surface area contributed by atoms with E-state index < -0.39 is 0 Å². The van der Waals surface area contributed by atoms with Crippen LogP contribution in [0.1, 0.15) is 34.8 Å². The number of hydrogen-bond donors (Lipinski definition) is 1. The predicted molar refractivity (Wildman–Crippen MR) is 118 cm³/mol. The number of aromatic nitrogens is 2. The van der Waals surface area contributed by atoms with Gasteiger partial charge < -0.3 is 14.6 Å². The first-order chi connectivity index (χ1) is 14.2. The normalized spacial score (nSPS) is 15.1. The molecule has 148 valence electrons. The Morgan fingerprint density at radius 2 is 2.10 bits per heavy atom. The number of rotatable bonds is 4. The number of nitrogens with one attached hydrogen (secondary N) is 1. The summed E-state index contributed by atoms with van der Waals surface area (Å²) in [5.41, 5.74) is 4.10. The van der Waals surface area contributed by atoms with Crippen molar-refractivity contribution in [3.05, 3.63) is 57.9 Å². The molecular formula is C22H21N3O2S2. The molecule has 0 radical (unpaired) electrons. The van der Waals surface area contributed by atoms with E-state index in [0.29, 0.717) is 11.6 Å². The minimum absolute atomic E-state index is 0.0433. The third-order valence-corrected chi connectivity index (χ3v) is 7.21. The molecule has 4 aromatic rings. The zero-order chi connectivity index (χ0) is 19.8. The standard InChI is InChI=1S/C22H21N3O2S2/c1-27-16-2-3-19-17(10-16)18(11-23-19)14-4-7-25(8-5-14)22(26)20-13-29-21(24-20)15-6-9-28-12-15/h2-3,6,9-14,23H,4-5,7-8H2,1H3. The monoisotopic (exact) mass is 423 g/mol. The molecule has 0 aliphatic carbocycles. The number of thiophene rings is 1. The summed E-state index contributed by atoms with van der Waals surface area (Å²) in [5, 5.41) is 8.11. The summed E-state index contributed by atoms with van der Waals surface area (Å²) < 4.78 is 5.39. The molecule has 1 amide bonds. The van der Waals surface area contributed by atoms with Crippen LogP contribution in [0.25, 0.3) is 21.5 Å². The van der Waals surface area contributed by atoms with Gasteiger partial charge in [-0.05, 0) is 54.0 Å². The lowest BCUT2D eigenvalue weighted by molar-refractivity contribution is 0.0708. The van der Waals surface area contributed by atoms with Crippen LogP contribution in [-0.2, 0) is 0 Å². The van der Waals surface area contributed by atoms with Crippen LogP contribution < -0.4 is 4.74 Å². The molecule has 0 spiro atoms. The summed E-state index contributed by atoms with van der Waals surface area (Å²) in [5.74, 6) is 1.36. The number of thiazole rings is 1. The number of methoxy groups -OCH3 is 1. The summed E-state index contributed by atoms with van der Waals surface area (Å²) in [7, 11) is 1.69. The smallest absolute Gasteiger partial charge is 0.273 e. The molecular weight excluding hydrogens is 402 g/mol. The van der Waals surface area contributed by atoms with Crippen molar-refractivity contribution in [2.75, 3.05) is 20.2 Å².